The molecule has 14 heavy (non-hydrogen) atoms. The van der Waals surface area contributed by atoms with Gasteiger partial charge < -0.3 is 14.2 Å². The summed E-state index contributed by atoms with van der Waals surface area (Å²) in [4.78, 5) is 10.6. The smallest absolute Gasteiger partial charge is 0.231 e. The lowest BCUT2D eigenvalue weighted by atomic mass is 10.2. The summed E-state index contributed by atoms with van der Waals surface area (Å²) in [7, 11) is 0. The Labute approximate surface area is 81.4 Å². The van der Waals surface area contributed by atoms with Crippen molar-refractivity contribution in [3.8, 4) is 17.2 Å². The van der Waals surface area contributed by atoms with E-state index in [4.69, 9.17) is 14.2 Å². The molecule has 4 nitrogen and oxygen atoms in total. The van der Waals surface area contributed by atoms with E-state index in [0.29, 0.717) is 29.4 Å². The van der Waals surface area contributed by atoms with Gasteiger partial charge in [0.2, 0.25) is 12.5 Å². The molecule has 2 rings (SSSR count). The molecular formula is C10H10O4. The van der Waals surface area contributed by atoms with E-state index >= 15 is 0 Å². The van der Waals surface area contributed by atoms with Crippen molar-refractivity contribution < 1.29 is 19.0 Å². The van der Waals surface area contributed by atoms with Crippen molar-refractivity contribution in [2.75, 3.05) is 13.4 Å². The highest BCUT2D eigenvalue weighted by molar-refractivity contribution is 5.78. The summed E-state index contributed by atoms with van der Waals surface area (Å²) in [5.41, 5.74) is 0.526. The van der Waals surface area contributed by atoms with Gasteiger partial charge in [0.1, 0.15) is 6.29 Å². The van der Waals surface area contributed by atoms with Crippen molar-refractivity contribution in [1.29, 1.82) is 0 Å². The molecule has 1 aromatic rings. The minimum Gasteiger partial charge on any atom is -0.490 e. The van der Waals surface area contributed by atoms with Crippen LogP contribution in [0.15, 0.2) is 12.1 Å². The van der Waals surface area contributed by atoms with E-state index in [1.54, 1.807) is 12.1 Å². The van der Waals surface area contributed by atoms with Crippen LogP contribution in [0, 0.1) is 0 Å². The van der Waals surface area contributed by atoms with Crippen LogP contribution in [0.3, 0.4) is 0 Å². The average molecular weight is 194 g/mol. The molecule has 1 aliphatic rings. The number of hydrogen-bond acceptors (Lipinski definition) is 4. The molecule has 1 aromatic carbocycles. The van der Waals surface area contributed by atoms with Gasteiger partial charge >= 0.3 is 0 Å². The number of ether oxygens (including phenoxy) is 3. The fourth-order valence-corrected chi connectivity index (χ4v) is 1.33. The van der Waals surface area contributed by atoms with Gasteiger partial charge in [0.25, 0.3) is 0 Å². The SMILES string of the molecule is CCOc1cc(C=O)cc2c1OCO2. The molecule has 0 unspecified atom stereocenters. The molecule has 1 aliphatic heterocycles. The second-order valence-corrected chi connectivity index (χ2v) is 2.80. The van der Waals surface area contributed by atoms with Gasteiger partial charge in [-0.15, -0.1) is 0 Å². The standard InChI is InChI=1S/C10H10O4/c1-2-12-8-3-7(5-11)4-9-10(8)14-6-13-9/h3-5H,2,6H2,1H3. The van der Waals surface area contributed by atoms with Gasteiger partial charge in [0, 0.05) is 5.56 Å². The quantitative estimate of drug-likeness (QED) is 0.686. The zero-order valence-electron chi connectivity index (χ0n) is 7.78. The zero-order chi connectivity index (χ0) is 9.97. The number of hydrogen-bond donors (Lipinski definition) is 0. The lowest BCUT2D eigenvalue weighted by Crippen LogP contribution is -1.96. The molecule has 0 aromatic heterocycles. The number of aldehydes is 1. The Morgan fingerprint density at radius 1 is 1.50 bits per heavy atom. The van der Waals surface area contributed by atoms with Crippen LogP contribution < -0.4 is 14.2 Å². The van der Waals surface area contributed by atoms with Crippen molar-refractivity contribution in [2.24, 2.45) is 0 Å². The highest BCUT2D eigenvalue weighted by atomic mass is 16.7. The van der Waals surface area contributed by atoms with Crippen LogP contribution >= 0.6 is 0 Å². The Morgan fingerprint density at radius 3 is 3.07 bits per heavy atom. The topological polar surface area (TPSA) is 44.8 Å². The predicted octanol–water partition coefficient (Wildman–Crippen LogP) is 1.63. The van der Waals surface area contributed by atoms with Gasteiger partial charge in [0.15, 0.2) is 11.5 Å². The van der Waals surface area contributed by atoms with Crippen molar-refractivity contribution >= 4 is 6.29 Å². The molecule has 1 heterocycles. The molecule has 4 heteroatoms. The van der Waals surface area contributed by atoms with Gasteiger partial charge in [0.05, 0.1) is 6.61 Å². The van der Waals surface area contributed by atoms with Crippen LogP contribution in [-0.2, 0) is 0 Å². The number of fused-ring (bicyclic) bond motifs is 1. The number of carbonyl (C=O) groups is 1. The van der Waals surface area contributed by atoms with Gasteiger partial charge in [-0.05, 0) is 19.1 Å². The maximum atomic E-state index is 10.6. The average Bonchev–Trinajstić information content (AvgIpc) is 2.66. The normalized spacial score (nSPS) is 12.6. The molecule has 0 fully saturated rings. The number of carbonyl (C=O) groups excluding carboxylic acids is 1. The Kier molecular flexibility index (Phi) is 2.26. The fraction of sp³-hybridized carbons (Fsp3) is 0.300. The van der Waals surface area contributed by atoms with Crippen molar-refractivity contribution in [1.82, 2.24) is 0 Å². The van der Waals surface area contributed by atoms with Crippen LogP contribution in [0.25, 0.3) is 0 Å². The molecule has 0 saturated heterocycles. The Hall–Kier alpha value is -1.71. The highest BCUT2D eigenvalue weighted by Crippen LogP contribution is 2.41. The molecule has 0 amide bonds. The number of benzene rings is 1. The van der Waals surface area contributed by atoms with E-state index in [0.717, 1.165) is 6.29 Å². The molecule has 0 saturated carbocycles. The summed E-state index contributed by atoms with van der Waals surface area (Å²) in [6.07, 6.45) is 0.754. The van der Waals surface area contributed by atoms with E-state index in [1.807, 2.05) is 6.92 Å². The first-order chi connectivity index (χ1) is 6.85. The molecule has 0 aliphatic carbocycles. The van der Waals surface area contributed by atoms with Gasteiger partial charge in [-0.1, -0.05) is 0 Å². The Morgan fingerprint density at radius 2 is 2.36 bits per heavy atom. The van der Waals surface area contributed by atoms with Gasteiger partial charge in [-0.25, -0.2) is 0 Å². The third kappa shape index (κ3) is 1.39. The fourth-order valence-electron chi connectivity index (χ4n) is 1.33. The molecule has 0 atom stereocenters. The lowest BCUT2D eigenvalue weighted by molar-refractivity contribution is 0.112. The van der Waals surface area contributed by atoms with E-state index < -0.39 is 0 Å². The number of rotatable bonds is 3. The minimum absolute atomic E-state index is 0.178. The van der Waals surface area contributed by atoms with Crippen LogP contribution in [-0.4, -0.2) is 19.7 Å². The van der Waals surface area contributed by atoms with E-state index in [1.165, 1.54) is 0 Å². The Bertz CT molecular complexity index is 359. The largest absolute Gasteiger partial charge is 0.490 e. The van der Waals surface area contributed by atoms with Crippen LogP contribution in [0.2, 0.25) is 0 Å². The lowest BCUT2D eigenvalue weighted by Gasteiger charge is -2.06. The summed E-state index contributed by atoms with van der Waals surface area (Å²) in [5.74, 6) is 1.71. The van der Waals surface area contributed by atoms with E-state index in [9.17, 15) is 4.79 Å². The maximum absolute atomic E-state index is 10.6. The molecular weight excluding hydrogens is 184 g/mol. The third-order valence-corrected chi connectivity index (χ3v) is 1.90. The monoisotopic (exact) mass is 194 g/mol. The molecule has 0 bridgehead atoms. The zero-order valence-corrected chi connectivity index (χ0v) is 7.78. The second-order valence-electron chi connectivity index (χ2n) is 2.80. The summed E-state index contributed by atoms with van der Waals surface area (Å²) >= 11 is 0. The van der Waals surface area contributed by atoms with E-state index in [-0.39, 0.29) is 6.79 Å². The summed E-state index contributed by atoms with van der Waals surface area (Å²) in [6, 6.07) is 3.28. The first kappa shape index (κ1) is 8.87. The van der Waals surface area contributed by atoms with Crippen molar-refractivity contribution in [3.05, 3.63) is 17.7 Å². The molecule has 0 spiro atoms. The summed E-state index contributed by atoms with van der Waals surface area (Å²) < 4.78 is 15.7. The Balaban J connectivity index is 2.46. The maximum Gasteiger partial charge on any atom is 0.231 e. The van der Waals surface area contributed by atoms with E-state index in [2.05, 4.69) is 0 Å². The van der Waals surface area contributed by atoms with Crippen LogP contribution in [0.5, 0.6) is 17.2 Å². The highest BCUT2D eigenvalue weighted by Gasteiger charge is 2.19. The van der Waals surface area contributed by atoms with Crippen molar-refractivity contribution in [2.45, 2.75) is 6.92 Å². The second kappa shape index (κ2) is 3.57. The van der Waals surface area contributed by atoms with Gasteiger partial charge in [-0.2, -0.15) is 0 Å². The predicted molar refractivity (Wildman–Crippen MR) is 49.1 cm³/mol. The van der Waals surface area contributed by atoms with Crippen LogP contribution in [0.1, 0.15) is 17.3 Å². The first-order valence-corrected chi connectivity index (χ1v) is 4.36. The molecule has 74 valence electrons. The first-order valence-electron chi connectivity index (χ1n) is 4.36. The van der Waals surface area contributed by atoms with Crippen LogP contribution in [0.4, 0.5) is 0 Å². The molecule has 0 N–H and O–H groups in total. The summed E-state index contributed by atoms with van der Waals surface area (Å²) in [5, 5.41) is 0. The minimum atomic E-state index is 0.178. The van der Waals surface area contributed by atoms with Crippen molar-refractivity contribution in [3.63, 3.8) is 0 Å². The summed E-state index contributed by atoms with van der Waals surface area (Å²) in [6.45, 7) is 2.58. The van der Waals surface area contributed by atoms with Gasteiger partial charge in [-0.3, -0.25) is 4.79 Å². The molecule has 0 radical (unpaired) electrons. The third-order valence-electron chi connectivity index (χ3n) is 1.90.